The van der Waals surface area contributed by atoms with Crippen LogP contribution in [-0.4, -0.2) is 5.11 Å². The third-order valence-corrected chi connectivity index (χ3v) is 8.46. The van der Waals surface area contributed by atoms with E-state index in [1.165, 1.54) is 5.56 Å². The molecule has 0 radical (unpaired) electrons. The summed E-state index contributed by atoms with van der Waals surface area (Å²) >= 11 is 0. The third-order valence-electron chi connectivity index (χ3n) is 7.45. The number of fused-ring (bicyclic) bond motifs is 3. The quantitative estimate of drug-likeness (QED) is 0.220. The molecule has 5 aromatic carbocycles. The first-order valence-corrected chi connectivity index (χ1v) is 15.0. The highest BCUT2D eigenvalue weighted by Gasteiger charge is 2.19. The molecule has 41 heavy (non-hydrogen) atoms. The summed E-state index contributed by atoms with van der Waals surface area (Å²) in [5.74, 6) is 1.04. The number of benzene rings is 5. The van der Waals surface area contributed by atoms with Gasteiger partial charge in [0.15, 0.2) is 11.3 Å². The van der Waals surface area contributed by atoms with Gasteiger partial charge < -0.3 is 18.0 Å². The Morgan fingerprint density at radius 3 is 1.95 bits per heavy atom. The van der Waals surface area contributed by atoms with Crippen LogP contribution in [-0.2, 0) is 6.61 Å². The normalized spacial score (nSPS) is 11.8. The second-order valence-corrected chi connectivity index (χ2v) is 11.7. The van der Waals surface area contributed by atoms with Crippen LogP contribution in [0.1, 0.15) is 42.0 Å². The van der Waals surface area contributed by atoms with E-state index in [-0.39, 0.29) is 6.61 Å². The number of rotatable bonds is 6. The molecule has 0 aliphatic heterocycles. The number of para-hydroxylation sites is 1. The minimum atomic E-state index is -1.94. The number of hydrogen-bond donors (Lipinski definition) is 1. The molecule has 1 N–H and O–H groups in total. The Balaban J connectivity index is 1.67. The summed E-state index contributed by atoms with van der Waals surface area (Å²) in [5.41, 5.74) is 9.43. The molecule has 0 bridgehead atoms. The predicted molar refractivity (Wildman–Crippen MR) is 169 cm³/mol. The van der Waals surface area contributed by atoms with Crippen LogP contribution in [0.4, 0.5) is 0 Å². The number of aliphatic hydroxyl groups excluding tert-OH is 1. The Labute approximate surface area is 241 Å². The molecule has 0 amide bonds. The molecule has 1 unspecified atom stereocenters. The topological polar surface area (TPSA) is 55.7 Å². The third kappa shape index (κ3) is 5.29. The van der Waals surface area contributed by atoms with Crippen molar-refractivity contribution in [3.05, 3.63) is 125 Å². The fourth-order valence-corrected chi connectivity index (χ4v) is 6.62. The van der Waals surface area contributed by atoms with Gasteiger partial charge in [0.25, 0.3) is 0 Å². The maximum Gasteiger partial charge on any atom is 0.453 e. The van der Waals surface area contributed by atoms with E-state index >= 15 is 0 Å². The van der Waals surface area contributed by atoms with Crippen molar-refractivity contribution in [1.29, 1.82) is 0 Å². The van der Waals surface area contributed by atoms with Gasteiger partial charge in [-0.1, -0.05) is 92.7 Å². The van der Waals surface area contributed by atoms with Crippen LogP contribution < -0.4 is 4.52 Å². The molecular weight excluding hydrogens is 527 g/mol. The molecule has 5 heteroatoms. The highest BCUT2D eigenvalue weighted by atomic mass is 31.1. The zero-order chi connectivity index (χ0) is 28.5. The van der Waals surface area contributed by atoms with E-state index < -0.39 is 8.24 Å². The molecular formula is C36H33O4P. The van der Waals surface area contributed by atoms with E-state index in [4.69, 9.17) is 12.9 Å². The van der Waals surface area contributed by atoms with Gasteiger partial charge in [0, 0.05) is 27.5 Å². The Morgan fingerprint density at radius 1 is 0.732 bits per heavy atom. The van der Waals surface area contributed by atoms with Gasteiger partial charge in [-0.2, -0.15) is 0 Å². The smallest absolute Gasteiger partial charge is 0.392 e. The highest BCUT2D eigenvalue weighted by Crippen LogP contribution is 2.46. The van der Waals surface area contributed by atoms with Crippen molar-refractivity contribution in [3.8, 4) is 28.0 Å². The molecule has 1 heterocycles. The molecule has 0 aliphatic carbocycles. The average molecular weight is 561 g/mol. The summed E-state index contributed by atoms with van der Waals surface area (Å²) in [6.07, 6.45) is 0. The first-order valence-electron chi connectivity index (χ1n) is 13.9. The maximum absolute atomic E-state index is 10.4. The van der Waals surface area contributed by atoms with E-state index in [0.29, 0.717) is 28.4 Å². The van der Waals surface area contributed by atoms with E-state index in [1.54, 1.807) is 0 Å². The molecule has 0 saturated heterocycles. The number of aryl methyl sites for hydroxylation is 2. The first kappa shape index (κ1) is 27.0. The molecule has 1 atom stereocenters. The van der Waals surface area contributed by atoms with Crippen molar-refractivity contribution in [3.63, 3.8) is 0 Å². The molecule has 0 fully saturated rings. The van der Waals surface area contributed by atoms with Crippen molar-refractivity contribution in [2.24, 2.45) is 0 Å². The fourth-order valence-electron chi connectivity index (χ4n) is 5.49. The molecule has 6 aromatic rings. The lowest BCUT2D eigenvalue weighted by molar-refractivity contribution is 0.282. The van der Waals surface area contributed by atoms with Crippen molar-refractivity contribution in [2.75, 3.05) is 0 Å². The van der Waals surface area contributed by atoms with E-state index in [2.05, 4.69) is 75.4 Å². The molecule has 6 rings (SSSR count). The second kappa shape index (κ2) is 11.3. The largest absolute Gasteiger partial charge is 0.453 e. The summed E-state index contributed by atoms with van der Waals surface area (Å²) in [5, 5.41) is 12.2. The van der Waals surface area contributed by atoms with E-state index in [0.717, 1.165) is 44.2 Å². The summed E-state index contributed by atoms with van der Waals surface area (Å²) in [6, 6.07) is 34.9. The monoisotopic (exact) mass is 560 g/mol. The van der Waals surface area contributed by atoms with Gasteiger partial charge in [-0.15, -0.1) is 0 Å². The van der Waals surface area contributed by atoms with Gasteiger partial charge in [0.1, 0.15) is 5.58 Å². The first-order chi connectivity index (χ1) is 19.9. The molecule has 1 aromatic heterocycles. The van der Waals surface area contributed by atoms with Gasteiger partial charge in [0.2, 0.25) is 0 Å². The summed E-state index contributed by atoms with van der Waals surface area (Å²) in [7, 11) is -1.94. The average Bonchev–Trinajstić information content (AvgIpc) is 3.13. The zero-order valence-corrected chi connectivity index (χ0v) is 24.6. The van der Waals surface area contributed by atoms with Crippen LogP contribution in [0.25, 0.3) is 44.2 Å². The molecule has 0 spiro atoms. The Morgan fingerprint density at radius 2 is 1.37 bits per heavy atom. The van der Waals surface area contributed by atoms with Crippen molar-refractivity contribution >= 4 is 30.2 Å². The van der Waals surface area contributed by atoms with Gasteiger partial charge >= 0.3 is 8.24 Å². The SMILES string of the molecule is Cc1cc(CO)c2op(Oc3c(-c4ccccc4)cccc3-c3ccccc3)oc3cc(C)c(C(C)C)cc3c2c1. The maximum atomic E-state index is 10.4. The lowest BCUT2D eigenvalue weighted by Crippen LogP contribution is -1.92. The Kier molecular flexibility index (Phi) is 7.45. The molecule has 206 valence electrons. The summed E-state index contributed by atoms with van der Waals surface area (Å²) < 4.78 is 20.0. The number of hydrogen-bond acceptors (Lipinski definition) is 4. The van der Waals surface area contributed by atoms with Crippen LogP contribution in [0.15, 0.2) is 112 Å². The van der Waals surface area contributed by atoms with Crippen LogP contribution in [0.5, 0.6) is 5.75 Å². The second-order valence-electron chi connectivity index (χ2n) is 10.7. The molecule has 4 nitrogen and oxygen atoms in total. The van der Waals surface area contributed by atoms with Crippen LogP contribution in [0.2, 0.25) is 0 Å². The molecule has 0 aliphatic rings. The summed E-state index contributed by atoms with van der Waals surface area (Å²) in [4.78, 5) is 0. The molecule has 0 saturated carbocycles. The van der Waals surface area contributed by atoms with Gasteiger partial charge in [-0.25, -0.2) is 0 Å². The van der Waals surface area contributed by atoms with Crippen LogP contribution in [0.3, 0.4) is 0 Å². The van der Waals surface area contributed by atoms with Crippen LogP contribution >= 0.6 is 8.24 Å². The lowest BCUT2D eigenvalue weighted by Gasteiger charge is -2.14. The van der Waals surface area contributed by atoms with Crippen LogP contribution in [0, 0.1) is 13.8 Å². The lowest BCUT2D eigenvalue weighted by atomic mass is 9.94. The van der Waals surface area contributed by atoms with E-state index in [1.807, 2.05) is 55.5 Å². The Bertz CT molecular complexity index is 1830. The minimum absolute atomic E-state index is 0.152. The minimum Gasteiger partial charge on any atom is -0.392 e. The van der Waals surface area contributed by atoms with Crippen molar-refractivity contribution < 1.29 is 18.0 Å². The fraction of sp³-hybridized carbons (Fsp3) is 0.167. The highest BCUT2D eigenvalue weighted by molar-refractivity contribution is 7.32. The van der Waals surface area contributed by atoms with Crippen molar-refractivity contribution in [1.82, 2.24) is 0 Å². The van der Waals surface area contributed by atoms with Gasteiger partial charge in [0.05, 0.1) is 6.61 Å². The van der Waals surface area contributed by atoms with Crippen molar-refractivity contribution in [2.45, 2.75) is 40.2 Å². The predicted octanol–water partition coefficient (Wildman–Crippen LogP) is 10.7. The number of aliphatic hydroxyl groups is 1. The zero-order valence-electron chi connectivity index (χ0n) is 23.7. The summed E-state index contributed by atoms with van der Waals surface area (Å²) in [6.45, 7) is 8.38. The standard InChI is InChI=1S/C36H33O4P/c1-23(2)31-21-32-33-19-24(3)18-28(22-37)35(33)39-41(38-34(32)20-25(31)4)40-36-29(26-12-7-5-8-13-26)16-11-17-30(36)27-14-9-6-10-15-27/h5-21,23,37H,22H2,1-4H3. The van der Waals surface area contributed by atoms with E-state index in [9.17, 15) is 5.11 Å². The van der Waals surface area contributed by atoms with Gasteiger partial charge in [-0.3, -0.25) is 0 Å². The van der Waals surface area contributed by atoms with Gasteiger partial charge in [-0.05, 0) is 71.8 Å². The Hall–Kier alpha value is -4.24.